The number of rotatable bonds is 3. The minimum absolute atomic E-state index is 0.209. The van der Waals surface area contributed by atoms with Crippen LogP contribution in [-0.2, 0) is 14.8 Å². The maximum absolute atomic E-state index is 11.1. The molecule has 0 spiro atoms. The molecule has 0 radical (unpaired) electrons. The molecule has 5 N–H and O–H groups in total. The van der Waals surface area contributed by atoms with E-state index in [2.05, 4.69) is 4.74 Å². The van der Waals surface area contributed by atoms with Crippen molar-refractivity contribution in [2.75, 3.05) is 6.61 Å². The van der Waals surface area contributed by atoms with E-state index in [1.165, 1.54) is 0 Å². The van der Waals surface area contributed by atoms with E-state index in [0.29, 0.717) is 0 Å². The average Bonchev–Trinajstić information content (AvgIpc) is 2.14. The van der Waals surface area contributed by atoms with E-state index in [0.717, 1.165) is 0 Å². The van der Waals surface area contributed by atoms with E-state index >= 15 is 0 Å². The zero-order valence-corrected chi connectivity index (χ0v) is 9.57. The Morgan fingerprint density at radius 2 is 1.94 bits per heavy atom. The zero-order valence-electron chi connectivity index (χ0n) is 8.76. The largest absolute Gasteiger partial charge is 0.447 e. The molecule has 0 unspecified atom stereocenters. The molecule has 0 heterocycles. The predicted octanol–water partition coefficient (Wildman–Crippen LogP) is -0.956. The molecule has 16 heavy (non-hydrogen) atoms. The number of ether oxygens (including phenoxy) is 1. The summed E-state index contributed by atoms with van der Waals surface area (Å²) < 4.78 is 26.6. The van der Waals surface area contributed by atoms with Crippen LogP contribution in [0.4, 0.5) is 4.79 Å². The number of hydrogen-bond donors (Lipinski definition) is 3. The third-order valence-electron chi connectivity index (χ3n) is 2.81. The van der Waals surface area contributed by atoms with Crippen LogP contribution in [0, 0.1) is 0 Å². The van der Waals surface area contributed by atoms with Gasteiger partial charge in [-0.25, -0.2) is 18.4 Å². The summed E-state index contributed by atoms with van der Waals surface area (Å²) in [7, 11) is -3.55. The Balaban J connectivity index is 2.50. The first kappa shape index (κ1) is 13.2. The molecule has 0 aromatic rings. The van der Waals surface area contributed by atoms with Crippen LogP contribution >= 0.6 is 0 Å². The normalized spacial score (nSPS) is 31.0. The van der Waals surface area contributed by atoms with Gasteiger partial charge in [-0.15, -0.1) is 0 Å². The molecule has 0 aromatic heterocycles. The Morgan fingerprint density at radius 1 is 1.44 bits per heavy atom. The van der Waals surface area contributed by atoms with Crippen LogP contribution in [-0.4, -0.2) is 37.1 Å². The molecule has 0 aliphatic heterocycles. The third-order valence-corrected chi connectivity index (χ3v) is 4.21. The number of primary amides is 1. The summed E-state index contributed by atoms with van der Waals surface area (Å²) >= 11 is 0. The molecule has 8 heteroatoms. The van der Waals surface area contributed by atoms with Gasteiger partial charge in [0.2, 0.25) is 10.0 Å². The standard InChI is InChI=1S/C8H16N2O5S/c9-7(11)15-5-8(12)3-1-6(2-4-8)16(10,13)14/h6,12H,1-5H2,(H2,9,11)(H2,10,13,14). The van der Waals surface area contributed by atoms with Crippen molar-refractivity contribution in [2.24, 2.45) is 10.9 Å². The first-order valence-corrected chi connectivity index (χ1v) is 6.50. The van der Waals surface area contributed by atoms with Crippen LogP contribution in [0.3, 0.4) is 0 Å². The number of aliphatic hydroxyl groups is 1. The summed E-state index contributed by atoms with van der Waals surface area (Å²) in [6.45, 7) is -0.209. The molecule has 0 saturated heterocycles. The van der Waals surface area contributed by atoms with Gasteiger partial charge in [0.25, 0.3) is 0 Å². The lowest BCUT2D eigenvalue weighted by Crippen LogP contribution is -2.44. The van der Waals surface area contributed by atoms with E-state index in [1.807, 2.05) is 0 Å². The maximum atomic E-state index is 11.1. The second-order valence-corrected chi connectivity index (χ2v) is 5.97. The molecular formula is C8H16N2O5S. The van der Waals surface area contributed by atoms with Crippen molar-refractivity contribution >= 4 is 16.1 Å². The summed E-state index contributed by atoms with van der Waals surface area (Å²) in [5.74, 6) is 0. The Kier molecular flexibility index (Phi) is 3.76. The molecule has 0 bridgehead atoms. The van der Waals surface area contributed by atoms with Gasteiger partial charge < -0.3 is 15.6 Å². The monoisotopic (exact) mass is 252 g/mol. The maximum Gasteiger partial charge on any atom is 0.404 e. The van der Waals surface area contributed by atoms with Gasteiger partial charge in [-0.1, -0.05) is 0 Å². The SMILES string of the molecule is NC(=O)OCC1(O)CCC(S(N)(=O)=O)CC1. The minimum Gasteiger partial charge on any atom is -0.447 e. The highest BCUT2D eigenvalue weighted by atomic mass is 32.2. The highest BCUT2D eigenvalue weighted by molar-refractivity contribution is 7.89. The molecule has 94 valence electrons. The Bertz CT molecular complexity index is 359. The molecule has 1 amide bonds. The number of primary sulfonamides is 1. The molecule has 1 rings (SSSR count). The van der Waals surface area contributed by atoms with Crippen molar-refractivity contribution < 1.29 is 23.1 Å². The van der Waals surface area contributed by atoms with Crippen molar-refractivity contribution in [3.63, 3.8) is 0 Å². The quantitative estimate of drug-likeness (QED) is 0.595. The fourth-order valence-corrected chi connectivity index (χ4v) is 2.70. The highest BCUT2D eigenvalue weighted by Gasteiger charge is 2.37. The van der Waals surface area contributed by atoms with Crippen LogP contribution in [0.5, 0.6) is 0 Å². The van der Waals surface area contributed by atoms with Gasteiger partial charge in [-0.3, -0.25) is 0 Å². The lowest BCUT2D eigenvalue weighted by atomic mass is 9.85. The fourth-order valence-electron chi connectivity index (χ4n) is 1.81. The van der Waals surface area contributed by atoms with Crippen LogP contribution in [0.15, 0.2) is 0 Å². The van der Waals surface area contributed by atoms with Crippen molar-refractivity contribution in [1.82, 2.24) is 0 Å². The van der Waals surface area contributed by atoms with Gasteiger partial charge in [0.05, 0.1) is 10.9 Å². The summed E-state index contributed by atoms with van der Waals surface area (Å²) in [6, 6.07) is 0. The Labute approximate surface area is 93.8 Å². The van der Waals surface area contributed by atoms with Gasteiger partial charge in [0.1, 0.15) is 6.61 Å². The molecule has 1 saturated carbocycles. The third kappa shape index (κ3) is 3.62. The van der Waals surface area contributed by atoms with Crippen molar-refractivity contribution in [1.29, 1.82) is 0 Å². The van der Waals surface area contributed by atoms with Crippen LogP contribution in [0.25, 0.3) is 0 Å². The van der Waals surface area contributed by atoms with Gasteiger partial charge in [-0.2, -0.15) is 0 Å². The first-order valence-electron chi connectivity index (χ1n) is 4.89. The summed E-state index contributed by atoms with van der Waals surface area (Å²) in [5, 5.41) is 14.3. The van der Waals surface area contributed by atoms with Gasteiger partial charge in [-0.05, 0) is 25.7 Å². The predicted molar refractivity (Wildman–Crippen MR) is 55.8 cm³/mol. The lowest BCUT2D eigenvalue weighted by molar-refractivity contribution is -0.0448. The number of carbonyl (C=O) groups excluding carboxylic acids is 1. The van der Waals surface area contributed by atoms with Gasteiger partial charge in [0.15, 0.2) is 0 Å². The molecule has 1 aliphatic carbocycles. The number of hydrogen-bond acceptors (Lipinski definition) is 5. The average molecular weight is 252 g/mol. The lowest BCUT2D eigenvalue weighted by Gasteiger charge is -2.34. The van der Waals surface area contributed by atoms with E-state index in [-0.39, 0.29) is 32.3 Å². The molecule has 7 nitrogen and oxygen atoms in total. The Morgan fingerprint density at radius 3 is 2.31 bits per heavy atom. The molecule has 0 atom stereocenters. The van der Waals surface area contributed by atoms with E-state index in [4.69, 9.17) is 10.9 Å². The van der Waals surface area contributed by atoms with Crippen molar-refractivity contribution in [3.8, 4) is 0 Å². The van der Waals surface area contributed by atoms with Crippen molar-refractivity contribution in [2.45, 2.75) is 36.5 Å². The number of nitrogens with two attached hydrogens (primary N) is 2. The summed E-state index contributed by atoms with van der Waals surface area (Å²) in [5.41, 5.74) is 3.59. The van der Waals surface area contributed by atoms with Crippen LogP contribution in [0.2, 0.25) is 0 Å². The van der Waals surface area contributed by atoms with E-state index in [9.17, 15) is 18.3 Å². The highest BCUT2D eigenvalue weighted by Crippen LogP contribution is 2.31. The topological polar surface area (TPSA) is 133 Å². The molecule has 0 aromatic carbocycles. The second kappa shape index (κ2) is 4.56. The molecular weight excluding hydrogens is 236 g/mol. The molecule has 1 aliphatic rings. The second-order valence-electron chi connectivity index (χ2n) is 4.12. The first-order chi connectivity index (χ1) is 7.23. The number of sulfonamides is 1. The number of amides is 1. The van der Waals surface area contributed by atoms with E-state index in [1.54, 1.807) is 0 Å². The summed E-state index contributed by atoms with van der Waals surface area (Å²) in [6.07, 6.45) is 0.0134. The Hall–Kier alpha value is -0.860. The van der Waals surface area contributed by atoms with Crippen molar-refractivity contribution in [3.05, 3.63) is 0 Å². The van der Waals surface area contributed by atoms with Gasteiger partial charge >= 0.3 is 6.09 Å². The fraction of sp³-hybridized carbons (Fsp3) is 0.875. The smallest absolute Gasteiger partial charge is 0.404 e. The molecule has 1 fully saturated rings. The number of carbonyl (C=O) groups is 1. The van der Waals surface area contributed by atoms with Crippen LogP contribution < -0.4 is 10.9 Å². The zero-order chi connectivity index (χ0) is 12.4. The van der Waals surface area contributed by atoms with E-state index < -0.39 is 27.0 Å². The van der Waals surface area contributed by atoms with Crippen LogP contribution in [0.1, 0.15) is 25.7 Å². The summed E-state index contributed by atoms with van der Waals surface area (Å²) in [4.78, 5) is 10.4. The minimum atomic E-state index is -3.55. The van der Waals surface area contributed by atoms with Gasteiger partial charge in [0, 0.05) is 0 Å².